The van der Waals surface area contributed by atoms with E-state index in [1.165, 1.54) is 28.6 Å². The fourth-order valence-electron chi connectivity index (χ4n) is 2.49. The van der Waals surface area contributed by atoms with Gasteiger partial charge in [-0.05, 0) is 30.3 Å². The van der Waals surface area contributed by atoms with Gasteiger partial charge in [-0.1, -0.05) is 29.8 Å². The molecule has 3 heterocycles. The molecule has 4 rings (SSSR count). The van der Waals surface area contributed by atoms with Gasteiger partial charge in [-0.3, -0.25) is 0 Å². The van der Waals surface area contributed by atoms with Crippen molar-refractivity contribution in [3.8, 4) is 11.6 Å². The van der Waals surface area contributed by atoms with Gasteiger partial charge in [0.25, 0.3) is 10.0 Å². The Morgan fingerprint density at radius 3 is 2.58 bits per heavy atom. The second kappa shape index (κ2) is 5.47. The van der Waals surface area contributed by atoms with Crippen molar-refractivity contribution in [3.63, 3.8) is 0 Å². The van der Waals surface area contributed by atoms with Crippen LogP contribution in [0.3, 0.4) is 0 Å². The van der Waals surface area contributed by atoms with Crippen molar-refractivity contribution in [2.45, 2.75) is 4.90 Å². The lowest BCUT2D eigenvalue weighted by atomic mass is 10.4. The summed E-state index contributed by atoms with van der Waals surface area (Å²) in [6.07, 6.45) is 2.83. The van der Waals surface area contributed by atoms with Gasteiger partial charge in [-0.25, -0.2) is 22.4 Å². The number of rotatable bonds is 3. The maximum absolute atomic E-state index is 13.1. The monoisotopic (exact) mass is 359 g/mol. The molecule has 8 heteroatoms. The molecule has 0 saturated carbocycles. The minimum atomic E-state index is -3.86. The molecule has 4 aromatic rings. The average Bonchev–Trinajstić information content (AvgIpc) is 3.22. The van der Waals surface area contributed by atoms with E-state index in [1.807, 2.05) is 0 Å². The maximum atomic E-state index is 13.1. The molecule has 0 aliphatic heterocycles. The third-order valence-corrected chi connectivity index (χ3v) is 5.46. The SMILES string of the molecule is O=S(=O)(c1ccccc1)n1c(-c2ncco2)cc2nc(Cl)ccc21. The van der Waals surface area contributed by atoms with Gasteiger partial charge in [0.2, 0.25) is 5.89 Å². The van der Waals surface area contributed by atoms with Gasteiger partial charge in [0.05, 0.1) is 22.1 Å². The van der Waals surface area contributed by atoms with E-state index in [0.717, 1.165) is 0 Å². The van der Waals surface area contributed by atoms with Crippen molar-refractivity contribution in [1.82, 2.24) is 13.9 Å². The number of oxazole rings is 1. The summed E-state index contributed by atoms with van der Waals surface area (Å²) in [4.78, 5) is 8.40. The minimum absolute atomic E-state index is 0.158. The molecule has 0 radical (unpaired) electrons. The van der Waals surface area contributed by atoms with Crippen LogP contribution in [-0.2, 0) is 10.0 Å². The summed E-state index contributed by atoms with van der Waals surface area (Å²) in [6.45, 7) is 0. The molecule has 0 saturated heterocycles. The second-order valence-corrected chi connectivity index (χ2v) is 7.16. The van der Waals surface area contributed by atoms with Crippen LogP contribution in [0.5, 0.6) is 0 Å². The Kier molecular flexibility index (Phi) is 3.40. The third-order valence-electron chi connectivity index (χ3n) is 3.51. The highest BCUT2D eigenvalue weighted by Crippen LogP contribution is 2.31. The van der Waals surface area contributed by atoms with Crippen molar-refractivity contribution in [2.75, 3.05) is 0 Å². The van der Waals surface area contributed by atoms with Crippen molar-refractivity contribution in [2.24, 2.45) is 0 Å². The molecule has 0 N–H and O–H groups in total. The number of fused-ring (bicyclic) bond motifs is 1. The minimum Gasteiger partial charge on any atom is -0.443 e. The Balaban J connectivity index is 2.09. The smallest absolute Gasteiger partial charge is 0.268 e. The Morgan fingerprint density at radius 2 is 1.88 bits per heavy atom. The van der Waals surface area contributed by atoms with E-state index >= 15 is 0 Å². The average molecular weight is 360 g/mol. The zero-order chi connectivity index (χ0) is 16.7. The van der Waals surface area contributed by atoms with Gasteiger partial charge in [0, 0.05) is 0 Å². The van der Waals surface area contributed by atoms with Crippen molar-refractivity contribution < 1.29 is 12.8 Å². The number of benzene rings is 1. The van der Waals surface area contributed by atoms with E-state index in [2.05, 4.69) is 9.97 Å². The first-order valence-corrected chi connectivity index (χ1v) is 8.78. The summed E-state index contributed by atoms with van der Waals surface area (Å²) >= 11 is 5.93. The van der Waals surface area contributed by atoms with Crippen LogP contribution in [0.15, 0.2) is 70.3 Å². The van der Waals surface area contributed by atoms with Crippen LogP contribution in [-0.4, -0.2) is 22.4 Å². The van der Waals surface area contributed by atoms with Gasteiger partial charge in [0.15, 0.2) is 0 Å². The second-order valence-electron chi connectivity index (χ2n) is 4.99. The molecule has 0 atom stereocenters. The van der Waals surface area contributed by atoms with Crippen LogP contribution in [0.25, 0.3) is 22.6 Å². The molecule has 1 aromatic carbocycles. The highest BCUT2D eigenvalue weighted by molar-refractivity contribution is 7.90. The van der Waals surface area contributed by atoms with Gasteiger partial charge in [-0.2, -0.15) is 0 Å². The molecule has 6 nitrogen and oxygen atoms in total. The topological polar surface area (TPSA) is 78.0 Å². The third kappa shape index (κ3) is 2.29. The normalized spacial score (nSPS) is 11.9. The van der Waals surface area contributed by atoms with Gasteiger partial charge >= 0.3 is 0 Å². The fraction of sp³-hybridized carbons (Fsp3) is 0. The van der Waals surface area contributed by atoms with E-state index in [9.17, 15) is 8.42 Å². The van der Waals surface area contributed by atoms with Crippen LogP contribution >= 0.6 is 11.6 Å². The Bertz CT molecular complexity index is 1120. The molecule has 0 fully saturated rings. The molecular weight excluding hydrogens is 350 g/mol. The molecule has 0 aliphatic rings. The zero-order valence-corrected chi connectivity index (χ0v) is 13.7. The Labute approximate surface area is 142 Å². The van der Waals surface area contributed by atoms with E-state index < -0.39 is 10.0 Å². The molecule has 24 heavy (non-hydrogen) atoms. The van der Waals surface area contributed by atoms with E-state index in [4.69, 9.17) is 16.0 Å². The van der Waals surface area contributed by atoms with Crippen LogP contribution in [0.1, 0.15) is 0 Å². The molecule has 0 amide bonds. The van der Waals surface area contributed by atoms with Gasteiger partial charge < -0.3 is 4.42 Å². The maximum Gasteiger partial charge on any atom is 0.268 e. The summed E-state index contributed by atoms with van der Waals surface area (Å²) in [5.74, 6) is 0.184. The predicted molar refractivity (Wildman–Crippen MR) is 89.3 cm³/mol. The molecule has 120 valence electrons. The van der Waals surface area contributed by atoms with Crippen molar-refractivity contribution >= 4 is 32.7 Å². The van der Waals surface area contributed by atoms with E-state index in [1.54, 1.807) is 36.4 Å². The summed E-state index contributed by atoms with van der Waals surface area (Å²) in [5, 5.41) is 0.274. The molecular formula is C16H10ClN3O3S. The fourth-order valence-corrected chi connectivity index (χ4v) is 4.16. The first-order valence-electron chi connectivity index (χ1n) is 6.96. The van der Waals surface area contributed by atoms with E-state index in [0.29, 0.717) is 11.0 Å². The van der Waals surface area contributed by atoms with Crippen LogP contribution < -0.4 is 0 Å². The van der Waals surface area contributed by atoms with Crippen LogP contribution in [0, 0.1) is 0 Å². The van der Waals surface area contributed by atoms with Gasteiger partial charge in [-0.15, -0.1) is 0 Å². The lowest BCUT2D eigenvalue weighted by Gasteiger charge is -2.10. The lowest BCUT2D eigenvalue weighted by Crippen LogP contribution is -2.14. The van der Waals surface area contributed by atoms with Crippen LogP contribution in [0.4, 0.5) is 0 Å². The summed E-state index contributed by atoms with van der Waals surface area (Å²) in [7, 11) is -3.86. The standard InChI is InChI=1S/C16H10ClN3O3S/c17-15-7-6-13-12(19-15)10-14(16-18-8-9-23-16)20(13)24(21,22)11-4-2-1-3-5-11/h1-10H. The van der Waals surface area contributed by atoms with Gasteiger partial charge in [0.1, 0.15) is 17.1 Å². The van der Waals surface area contributed by atoms with Crippen molar-refractivity contribution in [3.05, 3.63) is 66.1 Å². The molecule has 0 aliphatic carbocycles. The largest absolute Gasteiger partial charge is 0.443 e. The Morgan fingerprint density at radius 1 is 1.08 bits per heavy atom. The number of pyridine rings is 1. The quantitative estimate of drug-likeness (QED) is 0.522. The zero-order valence-electron chi connectivity index (χ0n) is 12.1. The molecule has 0 bridgehead atoms. The van der Waals surface area contributed by atoms with Crippen LogP contribution in [0.2, 0.25) is 5.15 Å². The summed E-state index contributed by atoms with van der Waals surface area (Å²) in [6, 6.07) is 12.9. The highest BCUT2D eigenvalue weighted by Gasteiger charge is 2.26. The number of aromatic nitrogens is 3. The number of hydrogen-bond donors (Lipinski definition) is 0. The first kappa shape index (κ1) is 14.9. The summed E-state index contributed by atoms with van der Waals surface area (Å²) < 4.78 is 32.8. The summed E-state index contributed by atoms with van der Waals surface area (Å²) in [5.41, 5.74) is 1.13. The molecule has 3 aromatic heterocycles. The predicted octanol–water partition coefficient (Wildman–Crippen LogP) is 3.58. The molecule has 0 unspecified atom stereocenters. The highest BCUT2D eigenvalue weighted by atomic mass is 35.5. The van der Waals surface area contributed by atoms with Crippen molar-refractivity contribution in [1.29, 1.82) is 0 Å². The number of halogens is 1. The van der Waals surface area contributed by atoms with E-state index in [-0.39, 0.29) is 21.6 Å². The Hall–Kier alpha value is -2.64. The molecule has 0 spiro atoms. The number of nitrogens with zero attached hydrogens (tertiary/aromatic N) is 3. The first-order chi connectivity index (χ1) is 11.6. The lowest BCUT2D eigenvalue weighted by molar-refractivity contribution is 0.566. The number of hydrogen-bond acceptors (Lipinski definition) is 5.